The number of amidine groups is 1. The van der Waals surface area contributed by atoms with E-state index in [0.717, 1.165) is 13.0 Å². The maximum Gasteiger partial charge on any atom is 0.165 e. The number of aliphatic imine (C=N–C) groups is 2. The van der Waals surface area contributed by atoms with Gasteiger partial charge in [0.2, 0.25) is 0 Å². The van der Waals surface area contributed by atoms with Crippen LogP contribution >= 0.6 is 11.6 Å². The molecule has 3 N–H and O–H groups in total. The Hall–Kier alpha value is -1.90. The van der Waals surface area contributed by atoms with Crippen LogP contribution < -0.4 is 10.8 Å². The first-order valence-corrected chi connectivity index (χ1v) is 8.98. The van der Waals surface area contributed by atoms with Crippen molar-refractivity contribution in [1.29, 1.82) is 0 Å². The van der Waals surface area contributed by atoms with Crippen molar-refractivity contribution in [1.82, 2.24) is 20.3 Å². The summed E-state index contributed by atoms with van der Waals surface area (Å²) in [6.07, 6.45) is 2.54. The smallest absolute Gasteiger partial charge is 0.165 e. The fourth-order valence-corrected chi connectivity index (χ4v) is 2.82. The van der Waals surface area contributed by atoms with Crippen LogP contribution in [-0.4, -0.2) is 45.5 Å². The highest BCUT2D eigenvalue weighted by Gasteiger charge is 2.32. The zero-order valence-corrected chi connectivity index (χ0v) is 16.4. The van der Waals surface area contributed by atoms with E-state index in [9.17, 15) is 0 Å². The predicted octanol–water partition coefficient (Wildman–Crippen LogP) is 3.07. The minimum atomic E-state index is -0.308. The second-order valence-corrected chi connectivity index (χ2v) is 7.11. The molecule has 1 aliphatic rings. The van der Waals surface area contributed by atoms with Crippen LogP contribution in [0.15, 0.2) is 22.9 Å². The van der Waals surface area contributed by atoms with Crippen LogP contribution in [0.3, 0.4) is 0 Å². The van der Waals surface area contributed by atoms with Crippen LogP contribution in [0.4, 0.5) is 5.82 Å². The van der Waals surface area contributed by atoms with Crippen molar-refractivity contribution < 1.29 is 9.94 Å². The van der Waals surface area contributed by atoms with Crippen LogP contribution in [0.5, 0.6) is 0 Å². The fourth-order valence-electron chi connectivity index (χ4n) is 2.74. The summed E-state index contributed by atoms with van der Waals surface area (Å²) in [5.41, 5.74) is 3.42. The lowest BCUT2D eigenvalue weighted by Gasteiger charge is -2.17. The minimum Gasteiger partial charge on any atom is -0.383 e. The molecule has 0 radical (unpaired) electrons. The van der Waals surface area contributed by atoms with E-state index >= 15 is 0 Å². The Balaban J connectivity index is 2.27. The number of nitrogens with one attached hydrogen (secondary N) is 2. The predicted molar refractivity (Wildman–Crippen MR) is 104 cm³/mol. The molecule has 1 saturated heterocycles. The van der Waals surface area contributed by atoms with Gasteiger partial charge in [0.25, 0.3) is 0 Å². The molecule has 2 unspecified atom stereocenters. The highest BCUT2D eigenvalue weighted by atomic mass is 35.5. The molecule has 9 heteroatoms. The molecular weight excluding hydrogens is 356 g/mol. The number of rotatable bonds is 7. The van der Waals surface area contributed by atoms with Gasteiger partial charge in [-0.2, -0.15) is 0 Å². The van der Waals surface area contributed by atoms with Crippen molar-refractivity contribution in [2.75, 3.05) is 13.6 Å². The van der Waals surface area contributed by atoms with Crippen molar-refractivity contribution in [2.24, 2.45) is 15.9 Å². The lowest BCUT2D eigenvalue weighted by atomic mass is 10.2. The SMILES string of the molecule is C=C(NCC(C)C)c1ncn(C2CCC(C(=NC)NO)O2)c1/N=C(\C)Cl. The van der Waals surface area contributed by atoms with Gasteiger partial charge >= 0.3 is 0 Å². The molecule has 0 aliphatic carbocycles. The third-order valence-corrected chi connectivity index (χ3v) is 4.09. The van der Waals surface area contributed by atoms with Gasteiger partial charge in [0.1, 0.15) is 29.0 Å². The molecule has 0 aromatic carbocycles. The minimum absolute atomic E-state index is 0.279. The van der Waals surface area contributed by atoms with Crippen LogP contribution in [0.25, 0.3) is 5.70 Å². The monoisotopic (exact) mass is 382 g/mol. The average molecular weight is 383 g/mol. The molecule has 2 heterocycles. The number of hydroxylamine groups is 1. The van der Waals surface area contributed by atoms with E-state index in [1.165, 1.54) is 0 Å². The van der Waals surface area contributed by atoms with Crippen molar-refractivity contribution in [2.45, 2.75) is 45.9 Å². The molecule has 2 atom stereocenters. The van der Waals surface area contributed by atoms with Gasteiger partial charge in [0.15, 0.2) is 5.82 Å². The molecule has 2 rings (SSSR count). The Morgan fingerprint density at radius 2 is 2.27 bits per heavy atom. The lowest BCUT2D eigenvalue weighted by molar-refractivity contribution is 0.0274. The van der Waals surface area contributed by atoms with Crippen LogP contribution in [-0.2, 0) is 4.74 Å². The Labute approximate surface area is 159 Å². The van der Waals surface area contributed by atoms with E-state index < -0.39 is 0 Å². The van der Waals surface area contributed by atoms with E-state index in [2.05, 4.69) is 46.2 Å². The van der Waals surface area contributed by atoms with Crippen LogP contribution in [0.1, 0.15) is 45.5 Å². The summed E-state index contributed by atoms with van der Waals surface area (Å²) in [7, 11) is 1.60. The number of nitrogens with zero attached hydrogens (tertiary/aromatic N) is 4. The zero-order valence-electron chi connectivity index (χ0n) is 15.7. The number of imidazole rings is 1. The van der Waals surface area contributed by atoms with Gasteiger partial charge in [-0.25, -0.2) is 9.98 Å². The molecule has 1 aromatic heterocycles. The molecule has 0 bridgehead atoms. The van der Waals surface area contributed by atoms with Gasteiger partial charge in [-0.3, -0.25) is 20.2 Å². The second kappa shape index (κ2) is 9.16. The summed E-state index contributed by atoms with van der Waals surface area (Å²) in [5.74, 6) is 1.47. The molecule has 1 fully saturated rings. The van der Waals surface area contributed by atoms with Crippen molar-refractivity contribution in [3.8, 4) is 0 Å². The number of hydrogen-bond acceptors (Lipinski definition) is 6. The van der Waals surface area contributed by atoms with Crippen LogP contribution in [0, 0.1) is 5.92 Å². The molecular formula is C17H27ClN6O2. The van der Waals surface area contributed by atoms with Gasteiger partial charge in [0.05, 0.1) is 12.0 Å². The highest BCUT2D eigenvalue weighted by Crippen LogP contribution is 2.35. The number of ether oxygens (including phenoxy) is 1. The third kappa shape index (κ3) is 4.84. The summed E-state index contributed by atoms with van der Waals surface area (Å²) >= 11 is 6.03. The van der Waals surface area contributed by atoms with Crippen molar-refractivity contribution >= 4 is 34.1 Å². The molecule has 26 heavy (non-hydrogen) atoms. The first-order valence-electron chi connectivity index (χ1n) is 8.60. The summed E-state index contributed by atoms with van der Waals surface area (Å²) in [4.78, 5) is 12.9. The summed E-state index contributed by atoms with van der Waals surface area (Å²) in [5, 5.41) is 12.8. The maximum atomic E-state index is 9.16. The summed E-state index contributed by atoms with van der Waals surface area (Å²) in [6, 6.07) is 0. The summed E-state index contributed by atoms with van der Waals surface area (Å²) < 4.78 is 7.85. The fraction of sp³-hybridized carbons (Fsp3) is 0.588. The average Bonchev–Trinajstić information content (AvgIpc) is 3.20. The van der Waals surface area contributed by atoms with E-state index in [0.29, 0.717) is 40.6 Å². The van der Waals surface area contributed by atoms with E-state index in [-0.39, 0.29) is 12.3 Å². The third-order valence-electron chi connectivity index (χ3n) is 4.00. The normalized spacial score (nSPS) is 21.3. The quantitative estimate of drug-likeness (QED) is 0.382. The van der Waals surface area contributed by atoms with Gasteiger partial charge in [-0.15, -0.1) is 0 Å². The molecule has 0 spiro atoms. The zero-order chi connectivity index (χ0) is 19.3. The van der Waals surface area contributed by atoms with E-state index in [1.54, 1.807) is 20.3 Å². The Morgan fingerprint density at radius 3 is 2.85 bits per heavy atom. The first-order chi connectivity index (χ1) is 12.4. The topological polar surface area (TPSA) is 96.1 Å². The van der Waals surface area contributed by atoms with E-state index in [1.807, 2.05) is 4.57 Å². The lowest BCUT2D eigenvalue weighted by Crippen LogP contribution is -2.32. The van der Waals surface area contributed by atoms with Gasteiger partial charge in [-0.05, 0) is 25.7 Å². The van der Waals surface area contributed by atoms with Gasteiger partial charge in [-0.1, -0.05) is 32.0 Å². The first kappa shape index (κ1) is 20.4. The van der Waals surface area contributed by atoms with Crippen LogP contribution in [0.2, 0.25) is 0 Å². The molecule has 0 saturated carbocycles. The Kier molecular flexibility index (Phi) is 7.19. The number of hydrogen-bond donors (Lipinski definition) is 3. The largest absolute Gasteiger partial charge is 0.383 e. The summed E-state index contributed by atoms with van der Waals surface area (Å²) in [6.45, 7) is 10.8. The molecule has 1 aliphatic heterocycles. The molecule has 8 nitrogen and oxygen atoms in total. The second-order valence-electron chi connectivity index (χ2n) is 6.56. The standard InChI is InChI=1S/C17H27ClN6O2/c1-10(2)8-20-11(3)15-17(22-12(4)18)24(9-21-15)14-7-6-13(26-14)16(19-5)23-25/h9-10,13-14,20,25H,3,6-8H2,1-2,4-5H3,(H,19,23)/b22-12+. The van der Waals surface area contributed by atoms with Gasteiger partial charge in [0, 0.05) is 13.6 Å². The Morgan fingerprint density at radius 1 is 1.54 bits per heavy atom. The number of halogens is 1. The van der Waals surface area contributed by atoms with Gasteiger partial charge < -0.3 is 10.1 Å². The molecule has 1 aromatic rings. The van der Waals surface area contributed by atoms with Crippen molar-refractivity contribution in [3.05, 3.63) is 18.6 Å². The molecule has 144 valence electrons. The maximum absolute atomic E-state index is 9.16. The number of aromatic nitrogens is 2. The van der Waals surface area contributed by atoms with E-state index in [4.69, 9.17) is 21.5 Å². The van der Waals surface area contributed by atoms with Crippen molar-refractivity contribution in [3.63, 3.8) is 0 Å². The highest BCUT2D eigenvalue weighted by molar-refractivity contribution is 6.65. The Bertz CT molecular complexity index is 693. The molecule has 0 amide bonds.